The Morgan fingerprint density at radius 2 is 1.80 bits per heavy atom. The van der Waals surface area contributed by atoms with Gasteiger partial charge in [-0.05, 0) is 43.9 Å². The summed E-state index contributed by atoms with van der Waals surface area (Å²) in [5.74, 6) is 0.851. The zero-order valence-corrected chi connectivity index (χ0v) is 13.1. The number of rotatable bonds is 7. The Morgan fingerprint density at radius 3 is 2.45 bits per heavy atom. The van der Waals surface area contributed by atoms with Crippen molar-refractivity contribution in [2.45, 2.75) is 52.0 Å². The van der Waals surface area contributed by atoms with Crippen LogP contribution in [0.15, 0.2) is 30.3 Å². The first-order valence-electron chi connectivity index (χ1n) is 8.29. The second-order valence-corrected chi connectivity index (χ2v) is 6.44. The summed E-state index contributed by atoms with van der Waals surface area (Å²) in [6, 6.07) is 11.5. The summed E-state index contributed by atoms with van der Waals surface area (Å²) in [6.07, 6.45) is 6.62. The molecule has 1 aromatic carbocycles. The molecule has 2 nitrogen and oxygen atoms in total. The third-order valence-electron chi connectivity index (χ3n) is 4.26. The third-order valence-corrected chi connectivity index (χ3v) is 4.26. The Bertz CT molecular complexity index is 353. The molecule has 0 bridgehead atoms. The minimum Gasteiger partial charge on any atom is -0.371 e. The number of para-hydroxylation sites is 1. The molecule has 1 aromatic rings. The fraction of sp³-hybridized carbons (Fsp3) is 0.667. The van der Waals surface area contributed by atoms with E-state index in [0.717, 1.165) is 12.0 Å². The molecule has 0 aliphatic carbocycles. The standard InChI is InChI=1S/C18H30N2/c1-16(2)8-6-7-13-19-17-11-14-20(15-12-17)18-9-4-3-5-10-18/h3-5,9-10,16-17,19H,6-8,11-15H2,1-2H3. The fourth-order valence-corrected chi connectivity index (χ4v) is 2.96. The molecular formula is C18H30N2. The van der Waals surface area contributed by atoms with Gasteiger partial charge in [-0.25, -0.2) is 0 Å². The van der Waals surface area contributed by atoms with Crippen LogP contribution in [0, 0.1) is 5.92 Å². The topological polar surface area (TPSA) is 15.3 Å². The molecule has 1 saturated heterocycles. The molecule has 0 amide bonds. The van der Waals surface area contributed by atoms with Crippen LogP contribution in [0.25, 0.3) is 0 Å². The minimum absolute atomic E-state index is 0.731. The van der Waals surface area contributed by atoms with Crippen molar-refractivity contribution in [2.75, 3.05) is 24.5 Å². The first-order chi connectivity index (χ1) is 9.75. The second-order valence-electron chi connectivity index (χ2n) is 6.44. The van der Waals surface area contributed by atoms with E-state index in [0.29, 0.717) is 0 Å². The van der Waals surface area contributed by atoms with Crippen LogP contribution in [-0.4, -0.2) is 25.7 Å². The monoisotopic (exact) mass is 274 g/mol. The molecule has 2 heteroatoms. The number of hydrogen-bond donors (Lipinski definition) is 1. The molecule has 0 unspecified atom stereocenters. The Labute approximate surface area is 124 Å². The first kappa shape index (κ1) is 15.4. The van der Waals surface area contributed by atoms with Crippen LogP contribution in [-0.2, 0) is 0 Å². The van der Waals surface area contributed by atoms with Crippen molar-refractivity contribution in [3.05, 3.63) is 30.3 Å². The van der Waals surface area contributed by atoms with E-state index in [1.54, 1.807) is 0 Å². The Kier molecular flexibility index (Phi) is 6.38. The van der Waals surface area contributed by atoms with Gasteiger partial charge in [-0.3, -0.25) is 0 Å². The van der Waals surface area contributed by atoms with Crippen molar-refractivity contribution in [1.82, 2.24) is 5.32 Å². The van der Waals surface area contributed by atoms with Gasteiger partial charge in [0.25, 0.3) is 0 Å². The lowest BCUT2D eigenvalue weighted by Crippen LogP contribution is -2.42. The van der Waals surface area contributed by atoms with E-state index in [4.69, 9.17) is 0 Å². The summed E-state index contributed by atoms with van der Waals surface area (Å²) in [6.45, 7) is 8.20. The summed E-state index contributed by atoms with van der Waals surface area (Å²) in [5.41, 5.74) is 1.38. The van der Waals surface area contributed by atoms with Crippen molar-refractivity contribution >= 4 is 5.69 Å². The molecule has 1 fully saturated rings. The van der Waals surface area contributed by atoms with Crippen LogP contribution in [0.3, 0.4) is 0 Å². The van der Waals surface area contributed by atoms with E-state index in [9.17, 15) is 0 Å². The first-order valence-corrected chi connectivity index (χ1v) is 8.29. The highest BCUT2D eigenvalue weighted by atomic mass is 15.1. The molecule has 0 spiro atoms. The maximum Gasteiger partial charge on any atom is 0.0366 e. The minimum atomic E-state index is 0.731. The molecule has 20 heavy (non-hydrogen) atoms. The fourth-order valence-electron chi connectivity index (χ4n) is 2.96. The summed E-state index contributed by atoms with van der Waals surface area (Å²) >= 11 is 0. The second kappa shape index (κ2) is 8.31. The largest absolute Gasteiger partial charge is 0.371 e. The SMILES string of the molecule is CC(C)CCCCNC1CCN(c2ccccc2)CC1. The lowest BCUT2D eigenvalue weighted by atomic mass is 10.0. The quantitative estimate of drug-likeness (QED) is 0.754. The van der Waals surface area contributed by atoms with Gasteiger partial charge in [-0.15, -0.1) is 0 Å². The molecule has 1 heterocycles. The van der Waals surface area contributed by atoms with E-state index in [2.05, 4.69) is 54.4 Å². The molecular weight excluding hydrogens is 244 g/mol. The van der Waals surface area contributed by atoms with Gasteiger partial charge in [0, 0.05) is 24.8 Å². The smallest absolute Gasteiger partial charge is 0.0366 e. The van der Waals surface area contributed by atoms with Gasteiger partial charge in [-0.2, -0.15) is 0 Å². The average Bonchev–Trinajstić information content (AvgIpc) is 2.48. The Morgan fingerprint density at radius 1 is 1.10 bits per heavy atom. The molecule has 0 atom stereocenters. The number of nitrogens with one attached hydrogen (secondary N) is 1. The highest BCUT2D eigenvalue weighted by molar-refractivity contribution is 5.46. The lowest BCUT2D eigenvalue weighted by molar-refractivity contribution is 0.405. The number of hydrogen-bond acceptors (Lipinski definition) is 2. The van der Waals surface area contributed by atoms with Crippen molar-refractivity contribution < 1.29 is 0 Å². The summed E-state index contributed by atoms with van der Waals surface area (Å²) < 4.78 is 0. The molecule has 0 radical (unpaired) electrons. The van der Waals surface area contributed by atoms with Crippen LogP contribution in [0.1, 0.15) is 46.0 Å². The van der Waals surface area contributed by atoms with Crippen LogP contribution in [0.5, 0.6) is 0 Å². The summed E-state index contributed by atoms with van der Waals surface area (Å²) in [4.78, 5) is 2.51. The lowest BCUT2D eigenvalue weighted by Gasteiger charge is -2.34. The van der Waals surface area contributed by atoms with Crippen molar-refractivity contribution in [3.63, 3.8) is 0 Å². The van der Waals surface area contributed by atoms with Gasteiger partial charge in [0.2, 0.25) is 0 Å². The average molecular weight is 274 g/mol. The van der Waals surface area contributed by atoms with E-state index >= 15 is 0 Å². The molecule has 0 saturated carbocycles. The predicted molar refractivity (Wildman–Crippen MR) is 88.4 cm³/mol. The zero-order chi connectivity index (χ0) is 14.2. The molecule has 0 aromatic heterocycles. The van der Waals surface area contributed by atoms with Crippen molar-refractivity contribution in [3.8, 4) is 0 Å². The van der Waals surface area contributed by atoms with Gasteiger partial charge < -0.3 is 10.2 Å². The summed E-state index contributed by atoms with van der Waals surface area (Å²) in [7, 11) is 0. The number of nitrogens with zero attached hydrogens (tertiary/aromatic N) is 1. The van der Waals surface area contributed by atoms with Crippen LogP contribution in [0.4, 0.5) is 5.69 Å². The number of anilines is 1. The van der Waals surface area contributed by atoms with Crippen molar-refractivity contribution in [2.24, 2.45) is 5.92 Å². The molecule has 112 valence electrons. The van der Waals surface area contributed by atoms with E-state index in [1.807, 2.05) is 0 Å². The zero-order valence-electron chi connectivity index (χ0n) is 13.1. The molecule has 1 N–H and O–H groups in total. The van der Waals surface area contributed by atoms with Crippen LogP contribution >= 0.6 is 0 Å². The van der Waals surface area contributed by atoms with Crippen LogP contribution < -0.4 is 10.2 Å². The number of benzene rings is 1. The Balaban J connectivity index is 1.60. The number of unbranched alkanes of at least 4 members (excludes halogenated alkanes) is 1. The highest BCUT2D eigenvalue weighted by Gasteiger charge is 2.18. The normalized spacial score (nSPS) is 16.9. The Hall–Kier alpha value is -1.02. The van der Waals surface area contributed by atoms with Gasteiger partial charge in [0.15, 0.2) is 0 Å². The van der Waals surface area contributed by atoms with E-state index in [1.165, 1.54) is 57.4 Å². The maximum atomic E-state index is 3.74. The van der Waals surface area contributed by atoms with Crippen molar-refractivity contribution in [1.29, 1.82) is 0 Å². The van der Waals surface area contributed by atoms with Gasteiger partial charge in [0.1, 0.15) is 0 Å². The number of piperidine rings is 1. The highest BCUT2D eigenvalue weighted by Crippen LogP contribution is 2.19. The van der Waals surface area contributed by atoms with Gasteiger partial charge in [0.05, 0.1) is 0 Å². The van der Waals surface area contributed by atoms with Crippen LogP contribution in [0.2, 0.25) is 0 Å². The maximum absolute atomic E-state index is 3.74. The van der Waals surface area contributed by atoms with E-state index < -0.39 is 0 Å². The van der Waals surface area contributed by atoms with Gasteiger partial charge >= 0.3 is 0 Å². The summed E-state index contributed by atoms with van der Waals surface area (Å²) in [5, 5.41) is 3.74. The molecule has 2 rings (SSSR count). The third kappa shape index (κ3) is 5.16. The molecule has 1 aliphatic rings. The van der Waals surface area contributed by atoms with Gasteiger partial charge in [-0.1, -0.05) is 44.9 Å². The predicted octanol–water partition coefficient (Wildman–Crippen LogP) is 4.07. The molecule has 1 aliphatic heterocycles. The van der Waals surface area contributed by atoms with E-state index in [-0.39, 0.29) is 0 Å².